The molecule has 5 atom stereocenters. The summed E-state index contributed by atoms with van der Waals surface area (Å²) >= 11 is 0. The molecule has 1 aliphatic heterocycles. The SMILES string of the molecule is COc1ccc(Cc2c(O[C@@]3(O)O[C@H](CO)[C@@H](O)[C@H](O)[C@H]3O)nn(C(C)C)c2C)c(F)c1F. The molecule has 12 heteroatoms. The van der Waals surface area contributed by atoms with Crippen molar-refractivity contribution in [3.63, 3.8) is 0 Å². The highest BCUT2D eigenvalue weighted by Gasteiger charge is 2.55. The minimum absolute atomic E-state index is 0.0506. The van der Waals surface area contributed by atoms with E-state index in [1.807, 2.05) is 13.8 Å². The topological polar surface area (TPSA) is 147 Å². The molecule has 1 aliphatic rings. The van der Waals surface area contributed by atoms with Crippen LogP contribution >= 0.6 is 0 Å². The first-order chi connectivity index (χ1) is 15.4. The quantitative estimate of drug-likeness (QED) is 0.354. The summed E-state index contributed by atoms with van der Waals surface area (Å²) in [7, 11) is 1.21. The van der Waals surface area contributed by atoms with E-state index in [-0.39, 0.29) is 35.2 Å². The molecule has 1 aromatic heterocycles. The van der Waals surface area contributed by atoms with Crippen molar-refractivity contribution in [2.75, 3.05) is 13.7 Å². The maximum atomic E-state index is 14.6. The van der Waals surface area contributed by atoms with E-state index in [1.165, 1.54) is 23.9 Å². The lowest BCUT2D eigenvalue weighted by Crippen LogP contribution is -2.67. The van der Waals surface area contributed by atoms with Gasteiger partial charge in [0.25, 0.3) is 0 Å². The first-order valence-corrected chi connectivity index (χ1v) is 10.3. The molecule has 184 valence electrons. The van der Waals surface area contributed by atoms with Crippen LogP contribution in [0, 0.1) is 18.6 Å². The second kappa shape index (κ2) is 9.49. The smallest absolute Gasteiger partial charge is 0.356 e. The van der Waals surface area contributed by atoms with Gasteiger partial charge in [-0.3, -0.25) is 4.68 Å². The first-order valence-electron chi connectivity index (χ1n) is 10.3. The summed E-state index contributed by atoms with van der Waals surface area (Å²) in [6, 6.07) is 2.40. The molecule has 0 amide bonds. The number of aliphatic hydroxyl groups excluding tert-OH is 4. The Hall–Kier alpha value is -2.35. The van der Waals surface area contributed by atoms with Crippen molar-refractivity contribution >= 4 is 0 Å². The average Bonchev–Trinajstić information content (AvgIpc) is 3.08. The highest BCUT2D eigenvalue weighted by molar-refractivity contribution is 5.39. The molecule has 0 spiro atoms. The zero-order valence-electron chi connectivity index (χ0n) is 18.6. The number of nitrogens with zero attached hydrogens (tertiary/aromatic N) is 2. The zero-order chi connectivity index (χ0) is 24.7. The monoisotopic (exact) mass is 474 g/mol. The Labute approximate surface area is 188 Å². The molecular weight excluding hydrogens is 446 g/mol. The predicted molar refractivity (Wildman–Crippen MR) is 109 cm³/mol. The number of hydrogen-bond acceptors (Lipinski definition) is 9. The van der Waals surface area contributed by atoms with Crippen LogP contribution in [0.4, 0.5) is 8.78 Å². The molecule has 1 aromatic carbocycles. The summed E-state index contributed by atoms with van der Waals surface area (Å²) in [4.78, 5) is 0. The fourth-order valence-electron chi connectivity index (χ4n) is 3.72. The lowest BCUT2D eigenvalue weighted by atomic mass is 9.98. The van der Waals surface area contributed by atoms with E-state index < -0.39 is 48.6 Å². The maximum absolute atomic E-state index is 14.6. The third-order valence-corrected chi connectivity index (χ3v) is 5.61. The number of aromatic nitrogens is 2. The summed E-state index contributed by atoms with van der Waals surface area (Å²) in [6.07, 6.45) is -7.42. The number of ether oxygens (including phenoxy) is 3. The Morgan fingerprint density at radius 1 is 1.18 bits per heavy atom. The van der Waals surface area contributed by atoms with Gasteiger partial charge in [0.05, 0.1) is 13.7 Å². The van der Waals surface area contributed by atoms with Crippen molar-refractivity contribution < 1.29 is 48.5 Å². The van der Waals surface area contributed by atoms with Crippen molar-refractivity contribution in [3.8, 4) is 11.6 Å². The van der Waals surface area contributed by atoms with E-state index >= 15 is 0 Å². The normalized spacial score (nSPS) is 27.8. The molecule has 0 bridgehead atoms. The highest BCUT2D eigenvalue weighted by Crippen LogP contribution is 2.35. The zero-order valence-corrected chi connectivity index (χ0v) is 18.6. The molecule has 1 saturated heterocycles. The molecule has 0 aliphatic carbocycles. The molecule has 3 rings (SSSR count). The fraction of sp³-hybridized carbons (Fsp3) is 0.571. The van der Waals surface area contributed by atoms with Crippen molar-refractivity contribution in [3.05, 3.63) is 40.6 Å². The summed E-state index contributed by atoms with van der Waals surface area (Å²) < 4.78 is 45.7. The van der Waals surface area contributed by atoms with Gasteiger partial charge in [-0.2, -0.15) is 4.39 Å². The molecule has 1 fully saturated rings. The lowest BCUT2D eigenvalue weighted by molar-refractivity contribution is -0.423. The van der Waals surface area contributed by atoms with Crippen LogP contribution in [0.25, 0.3) is 0 Å². The standard InChI is InChI=1S/C21H28F2N2O8/c1-9(2)25-10(3)12(7-11-5-6-13(31-4)16(23)15(11)22)20(24-25)33-21(30)19(29)18(28)17(27)14(8-26)32-21/h5-6,9,14,17-19,26-30H,7-8H2,1-4H3/t14-,17-,18+,19-,21+/m1/s1. The number of hydrogen-bond donors (Lipinski definition) is 5. The minimum Gasteiger partial charge on any atom is -0.494 e. The van der Waals surface area contributed by atoms with Gasteiger partial charge in [0.1, 0.15) is 18.3 Å². The van der Waals surface area contributed by atoms with E-state index in [1.54, 1.807) is 6.92 Å². The van der Waals surface area contributed by atoms with Crippen LogP contribution in [0.15, 0.2) is 12.1 Å². The van der Waals surface area contributed by atoms with Crippen LogP contribution < -0.4 is 9.47 Å². The van der Waals surface area contributed by atoms with Gasteiger partial charge >= 0.3 is 5.97 Å². The Morgan fingerprint density at radius 2 is 1.85 bits per heavy atom. The van der Waals surface area contributed by atoms with Gasteiger partial charge in [-0.1, -0.05) is 6.07 Å². The fourth-order valence-corrected chi connectivity index (χ4v) is 3.72. The molecule has 2 heterocycles. The van der Waals surface area contributed by atoms with Gasteiger partial charge in [-0.05, 0) is 32.4 Å². The lowest BCUT2D eigenvalue weighted by Gasteiger charge is -2.43. The van der Waals surface area contributed by atoms with E-state index in [4.69, 9.17) is 14.2 Å². The predicted octanol–water partition coefficient (Wildman–Crippen LogP) is 0.149. The molecular formula is C21H28F2N2O8. The van der Waals surface area contributed by atoms with Gasteiger partial charge in [-0.25, -0.2) is 4.39 Å². The van der Waals surface area contributed by atoms with Crippen molar-refractivity contribution in [2.24, 2.45) is 0 Å². The summed E-state index contributed by atoms with van der Waals surface area (Å²) in [6.45, 7) is 4.48. The maximum Gasteiger partial charge on any atom is 0.356 e. The van der Waals surface area contributed by atoms with Crippen molar-refractivity contribution in [1.82, 2.24) is 9.78 Å². The Bertz CT molecular complexity index is 999. The second-order valence-electron chi connectivity index (χ2n) is 8.14. The summed E-state index contributed by atoms with van der Waals surface area (Å²) in [5, 5.41) is 54.7. The number of rotatable bonds is 7. The van der Waals surface area contributed by atoms with E-state index in [9.17, 15) is 34.3 Å². The van der Waals surface area contributed by atoms with Crippen LogP contribution in [0.5, 0.6) is 11.6 Å². The molecule has 0 unspecified atom stereocenters. The van der Waals surface area contributed by atoms with Gasteiger partial charge in [0.15, 0.2) is 17.7 Å². The first kappa shape index (κ1) is 25.3. The number of benzene rings is 1. The Morgan fingerprint density at radius 3 is 2.42 bits per heavy atom. The Balaban J connectivity index is 2.03. The number of methoxy groups -OCH3 is 1. The summed E-state index contributed by atoms with van der Waals surface area (Å²) in [5.74, 6) is -5.74. The van der Waals surface area contributed by atoms with Gasteiger partial charge in [0.2, 0.25) is 11.7 Å². The third kappa shape index (κ3) is 4.54. The van der Waals surface area contributed by atoms with Gasteiger partial charge in [-0.15, -0.1) is 5.10 Å². The minimum atomic E-state index is -2.90. The van der Waals surface area contributed by atoms with Crippen LogP contribution in [0.3, 0.4) is 0 Å². The van der Waals surface area contributed by atoms with Crippen LogP contribution in [0.1, 0.15) is 36.7 Å². The number of aliphatic hydroxyl groups is 5. The molecule has 33 heavy (non-hydrogen) atoms. The largest absolute Gasteiger partial charge is 0.494 e. The average molecular weight is 474 g/mol. The summed E-state index contributed by atoms with van der Waals surface area (Å²) in [5.41, 5.74) is 0.701. The van der Waals surface area contributed by atoms with Gasteiger partial charge in [0, 0.05) is 23.7 Å². The molecule has 5 N–H and O–H groups in total. The van der Waals surface area contributed by atoms with Crippen LogP contribution in [0.2, 0.25) is 0 Å². The van der Waals surface area contributed by atoms with Crippen molar-refractivity contribution in [1.29, 1.82) is 0 Å². The Kier molecular flexibility index (Phi) is 7.27. The molecule has 2 aromatic rings. The van der Waals surface area contributed by atoms with Crippen molar-refractivity contribution in [2.45, 2.75) is 63.6 Å². The third-order valence-electron chi connectivity index (χ3n) is 5.61. The van der Waals surface area contributed by atoms with Gasteiger partial charge < -0.3 is 39.7 Å². The molecule has 10 nitrogen and oxygen atoms in total. The van der Waals surface area contributed by atoms with Crippen LogP contribution in [-0.4, -0.2) is 79.4 Å². The number of halogens is 2. The van der Waals surface area contributed by atoms with E-state index in [2.05, 4.69) is 5.10 Å². The van der Waals surface area contributed by atoms with E-state index in [0.717, 1.165) is 0 Å². The van der Waals surface area contributed by atoms with E-state index in [0.29, 0.717) is 5.69 Å². The molecule has 0 saturated carbocycles. The highest BCUT2D eigenvalue weighted by atomic mass is 19.2. The van der Waals surface area contributed by atoms with Crippen LogP contribution in [-0.2, 0) is 11.2 Å². The second-order valence-corrected chi connectivity index (χ2v) is 8.14. The molecule has 0 radical (unpaired) electrons.